The first-order valence-corrected chi connectivity index (χ1v) is 5.43. The van der Waals surface area contributed by atoms with Gasteiger partial charge in [-0.15, -0.1) is 0 Å². The molecule has 2 fully saturated rings. The minimum atomic E-state index is -1.12. The Kier molecular flexibility index (Phi) is 2.44. The van der Waals surface area contributed by atoms with Crippen LogP contribution < -0.4 is 0 Å². The van der Waals surface area contributed by atoms with E-state index in [0.717, 1.165) is 19.3 Å². The molecule has 2 rings (SSSR count). The van der Waals surface area contributed by atoms with Gasteiger partial charge in [-0.05, 0) is 44.4 Å². The van der Waals surface area contributed by atoms with Gasteiger partial charge in [-0.3, -0.25) is 9.59 Å². The second-order valence-electron chi connectivity index (χ2n) is 4.94. The van der Waals surface area contributed by atoms with E-state index in [4.69, 9.17) is 9.84 Å². The van der Waals surface area contributed by atoms with E-state index in [0.29, 0.717) is 11.8 Å². The van der Waals surface area contributed by atoms with Gasteiger partial charge in [0.2, 0.25) is 0 Å². The first-order valence-electron chi connectivity index (χ1n) is 5.43. The molecule has 84 valence electrons. The Morgan fingerprint density at radius 2 is 2.20 bits per heavy atom. The zero-order chi connectivity index (χ0) is 11.1. The predicted octanol–water partition coefficient (Wildman–Crippen LogP) is 1.58. The molecule has 1 N–H and O–H groups in total. The molecular formula is C11H16O4. The van der Waals surface area contributed by atoms with Gasteiger partial charge >= 0.3 is 11.9 Å². The summed E-state index contributed by atoms with van der Waals surface area (Å²) in [4.78, 5) is 21.6. The molecule has 4 nitrogen and oxygen atoms in total. The van der Waals surface area contributed by atoms with Crippen LogP contribution in [0.3, 0.4) is 0 Å². The molecule has 0 aromatic rings. The molecule has 0 saturated heterocycles. The normalized spacial score (nSPS) is 37.9. The number of ether oxygens (including phenoxy) is 1. The second kappa shape index (κ2) is 3.51. The maximum Gasteiger partial charge on any atom is 0.317 e. The first kappa shape index (κ1) is 10.5. The highest BCUT2D eigenvalue weighted by Gasteiger charge is 2.50. The number of aliphatic carboxylic acids is 1. The monoisotopic (exact) mass is 212 g/mol. The van der Waals surface area contributed by atoms with E-state index in [1.54, 1.807) is 0 Å². The van der Waals surface area contributed by atoms with Crippen molar-refractivity contribution in [3.8, 4) is 0 Å². The lowest BCUT2D eigenvalue weighted by Crippen LogP contribution is -2.37. The highest BCUT2D eigenvalue weighted by Crippen LogP contribution is 2.52. The average molecular weight is 212 g/mol. The lowest BCUT2D eigenvalue weighted by atomic mass is 9.86. The maximum absolute atomic E-state index is 11.3. The molecule has 2 aliphatic carbocycles. The zero-order valence-electron chi connectivity index (χ0n) is 8.86. The van der Waals surface area contributed by atoms with Gasteiger partial charge in [0.15, 0.2) is 0 Å². The number of carboxylic acids is 1. The fourth-order valence-electron chi connectivity index (χ4n) is 3.10. The highest BCUT2D eigenvalue weighted by atomic mass is 16.6. The fraction of sp³-hybridized carbons (Fsp3) is 0.818. The second-order valence-corrected chi connectivity index (χ2v) is 4.94. The smallest absolute Gasteiger partial charge is 0.317 e. The van der Waals surface area contributed by atoms with Gasteiger partial charge < -0.3 is 9.84 Å². The topological polar surface area (TPSA) is 63.6 Å². The van der Waals surface area contributed by atoms with Gasteiger partial charge in [0, 0.05) is 0 Å². The van der Waals surface area contributed by atoms with Gasteiger partial charge in [-0.1, -0.05) is 0 Å². The average Bonchev–Trinajstić information content (AvgIpc) is 2.59. The van der Waals surface area contributed by atoms with E-state index in [1.165, 1.54) is 6.42 Å². The van der Waals surface area contributed by atoms with E-state index >= 15 is 0 Å². The van der Waals surface area contributed by atoms with Crippen LogP contribution in [0.4, 0.5) is 0 Å². The summed E-state index contributed by atoms with van der Waals surface area (Å²) in [5.41, 5.74) is -0.393. The molecule has 2 bridgehead atoms. The third-order valence-electron chi connectivity index (χ3n) is 3.74. The Bertz CT molecular complexity index is 299. The van der Waals surface area contributed by atoms with Gasteiger partial charge in [0.25, 0.3) is 0 Å². The Hall–Kier alpha value is -1.06. The van der Waals surface area contributed by atoms with Crippen LogP contribution >= 0.6 is 0 Å². The predicted molar refractivity (Wildman–Crippen MR) is 52.2 cm³/mol. The molecule has 3 atom stereocenters. The third kappa shape index (κ3) is 1.98. The molecule has 4 heteroatoms. The Balaban J connectivity index is 1.94. The molecule has 0 aliphatic heterocycles. The molecule has 0 aromatic heterocycles. The molecule has 15 heavy (non-hydrogen) atoms. The summed E-state index contributed by atoms with van der Waals surface area (Å²) in [6, 6.07) is 0. The molecule has 0 radical (unpaired) electrons. The van der Waals surface area contributed by atoms with E-state index < -0.39 is 24.0 Å². The van der Waals surface area contributed by atoms with E-state index in [9.17, 15) is 9.59 Å². The van der Waals surface area contributed by atoms with Crippen LogP contribution in [-0.4, -0.2) is 22.6 Å². The number of esters is 1. The van der Waals surface area contributed by atoms with Crippen molar-refractivity contribution in [1.29, 1.82) is 0 Å². The fourth-order valence-corrected chi connectivity index (χ4v) is 3.10. The van der Waals surface area contributed by atoms with Crippen LogP contribution in [0.1, 0.15) is 39.0 Å². The van der Waals surface area contributed by atoms with Gasteiger partial charge in [0.05, 0.1) is 0 Å². The molecule has 3 unspecified atom stereocenters. The first-order chi connectivity index (χ1) is 6.99. The van der Waals surface area contributed by atoms with Crippen LogP contribution in [0.25, 0.3) is 0 Å². The van der Waals surface area contributed by atoms with Crippen LogP contribution in [0.2, 0.25) is 0 Å². The molecule has 0 heterocycles. The van der Waals surface area contributed by atoms with Crippen molar-refractivity contribution in [1.82, 2.24) is 0 Å². The Morgan fingerprint density at radius 1 is 1.47 bits per heavy atom. The summed E-state index contributed by atoms with van der Waals surface area (Å²) >= 11 is 0. The largest absolute Gasteiger partial charge is 0.481 e. The van der Waals surface area contributed by atoms with Crippen LogP contribution in [0, 0.1) is 11.8 Å². The summed E-state index contributed by atoms with van der Waals surface area (Å²) in [5.74, 6) is -0.595. The zero-order valence-corrected chi connectivity index (χ0v) is 8.86. The molecule has 0 aromatic carbocycles. The Morgan fingerprint density at radius 3 is 2.67 bits per heavy atom. The Labute approximate surface area is 88.6 Å². The van der Waals surface area contributed by atoms with Crippen molar-refractivity contribution < 1.29 is 19.4 Å². The minimum Gasteiger partial charge on any atom is -0.481 e. The quantitative estimate of drug-likeness (QED) is 0.570. The number of hydrogen-bond acceptors (Lipinski definition) is 3. The summed E-state index contributed by atoms with van der Waals surface area (Å²) in [7, 11) is 0. The lowest BCUT2D eigenvalue weighted by Gasteiger charge is -2.33. The van der Waals surface area contributed by atoms with Gasteiger partial charge in [-0.25, -0.2) is 0 Å². The minimum absolute atomic E-state index is 0.393. The van der Waals surface area contributed by atoms with Crippen molar-refractivity contribution in [2.24, 2.45) is 11.8 Å². The van der Waals surface area contributed by atoms with E-state index in [1.807, 2.05) is 6.92 Å². The van der Waals surface area contributed by atoms with Crippen molar-refractivity contribution in [2.45, 2.75) is 44.6 Å². The molecule has 2 saturated carbocycles. The van der Waals surface area contributed by atoms with Crippen molar-refractivity contribution >= 4 is 11.9 Å². The standard InChI is InChI=1S/C11H16O4/c1-11(15-10(14)5-9(12)13)6-7-2-3-8(11)4-7/h7-8H,2-6H2,1H3,(H,12,13). The van der Waals surface area contributed by atoms with Gasteiger partial charge in [-0.2, -0.15) is 0 Å². The molecule has 2 aliphatic rings. The molecular weight excluding hydrogens is 196 g/mol. The van der Waals surface area contributed by atoms with E-state index in [-0.39, 0.29) is 0 Å². The summed E-state index contributed by atoms with van der Waals surface area (Å²) in [6.45, 7) is 1.94. The summed E-state index contributed by atoms with van der Waals surface area (Å²) in [6.07, 6.45) is 3.87. The summed E-state index contributed by atoms with van der Waals surface area (Å²) < 4.78 is 5.32. The maximum atomic E-state index is 11.3. The number of rotatable bonds is 3. The number of hydrogen-bond donors (Lipinski definition) is 1. The summed E-state index contributed by atoms with van der Waals surface area (Å²) in [5, 5.41) is 8.47. The third-order valence-corrected chi connectivity index (χ3v) is 3.74. The molecule has 0 spiro atoms. The van der Waals surface area contributed by atoms with Crippen LogP contribution in [0.15, 0.2) is 0 Å². The van der Waals surface area contributed by atoms with Crippen molar-refractivity contribution in [2.75, 3.05) is 0 Å². The SMILES string of the molecule is CC1(OC(=O)CC(=O)O)CC2CCC1C2. The lowest BCUT2D eigenvalue weighted by molar-refractivity contribution is -0.166. The molecule has 0 amide bonds. The van der Waals surface area contributed by atoms with Crippen molar-refractivity contribution in [3.63, 3.8) is 0 Å². The van der Waals surface area contributed by atoms with Crippen LogP contribution in [0.5, 0.6) is 0 Å². The van der Waals surface area contributed by atoms with E-state index in [2.05, 4.69) is 0 Å². The van der Waals surface area contributed by atoms with Gasteiger partial charge in [0.1, 0.15) is 12.0 Å². The number of carbonyl (C=O) groups excluding carboxylic acids is 1. The van der Waals surface area contributed by atoms with Crippen LogP contribution in [-0.2, 0) is 14.3 Å². The number of fused-ring (bicyclic) bond motifs is 2. The number of carboxylic acid groups (broad SMARTS) is 1. The number of carbonyl (C=O) groups is 2. The van der Waals surface area contributed by atoms with Crippen molar-refractivity contribution in [3.05, 3.63) is 0 Å². The highest BCUT2D eigenvalue weighted by molar-refractivity contribution is 5.90.